The Kier molecular flexibility index (Phi) is 3.53. The minimum Gasteiger partial charge on any atom is -0.506 e. The SMILES string of the molecule is Oc1cnc(Cl)c(-c2ccc(OC(F)(F)F)cc2)c1. The molecule has 1 N–H and O–H groups in total. The summed E-state index contributed by atoms with van der Waals surface area (Å²) >= 11 is 5.84. The Morgan fingerprint density at radius 2 is 1.79 bits per heavy atom. The monoisotopic (exact) mass is 289 g/mol. The molecule has 1 heterocycles. The van der Waals surface area contributed by atoms with E-state index in [2.05, 4.69) is 9.72 Å². The van der Waals surface area contributed by atoms with Gasteiger partial charge in [-0.1, -0.05) is 23.7 Å². The molecule has 0 fully saturated rings. The van der Waals surface area contributed by atoms with Crippen molar-refractivity contribution in [3.8, 4) is 22.6 Å². The van der Waals surface area contributed by atoms with E-state index in [4.69, 9.17) is 11.6 Å². The molecule has 0 aliphatic carbocycles. The Labute approximate surface area is 111 Å². The van der Waals surface area contributed by atoms with Gasteiger partial charge in [-0.15, -0.1) is 13.2 Å². The lowest BCUT2D eigenvalue weighted by atomic mass is 10.1. The highest BCUT2D eigenvalue weighted by Gasteiger charge is 2.30. The first-order valence-corrected chi connectivity index (χ1v) is 5.43. The van der Waals surface area contributed by atoms with Crippen molar-refractivity contribution < 1.29 is 23.0 Å². The van der Waals surface area contributed by atoms with Gasteiger partial charge in [-0.3, -0.25) is 0 Å². The molecule has 0 saturated heterocycles. The van der Waals surface area contributed by atoms with Gasteiger partial charge < -0.3 is 9.84 Å². The van der Waals surface area contributed by atoms with Crippen molar-refractivity contribution in [2.45, 2.75) is 6.36 Å². The van der Waals surface area contributed by atoms with Crippen molar-refractivity contribution >= 4 is 11.6 Å². The van der Waals surface area contributed by atoms with Crippen molar-refractivity contribution in [3.63, 3.8) is 0 Å². The second kappa shape index (κ2) is 4.97. The lowest BCUT2D eigenvalue weighted by Crippen LogP contribution is -2.16. The van der Waals surface area contributed by atoms with Crippen LogP contribution in [0.5, 0.6) is 11.5 Å². The van der Waals surface area contributed by atoms with E-state index in [0.29, 0.717) is 11.1 Å². The number of pyridine rings is 1. The fourth-order valence-corrected chi connectivity index (χ4v) is 1.69. The van der Waals surface area contributed by atoms with Crippen molar-refractivity contribution in [3.05, 3.63) is 41.7 Å². The van der Waals surface area contributed by atoms with Crippen LogP contribution in [0.1, 0.15) is 0 Å². The smallest absolute Gasteiger partial charge is 0.506 e. The molecule has 0 amide bonds. The van der Waals surface area contributed by atoms with E-state index in [1.807, 2.05) is 0 Å². The van der Waals surface area contributed by atoms with E-state index < -0.39 is 6.36 Å². The van der Waals surface area contributed by atoms with Crippen molar-refractivity contribution in [2.75, 3.05) is 0 Å². The molecule has 100 valence electrons. The third-order valence-corrected chi connectivity index (χ3v) is 2.52. The lowest BCUT2D eigenvalue weighted by Gasteiger charge is -2.09. The highest BCUT2D eigenvalue weighted by atomic mass is 35.5. The predicted molar refractivity (Wildman–Crippen MR) is 63.0 cm³/mol. The van der Waals surface area contributed by atoms with Gasteiger partial charge in [0.05, 0.1) is 6.20 Å². The fourth-order valence-electron chi connectivity index (χ4n) is 1.48. The van der Waals surface area contributed by atoms with Crippen LogP contribution in [0, 0.1) is 0 Å². The Hall–Kier alpha value is -1.95. The molecule has 0 spiro atoms. The Bertz CT molecular complexity index is 585. The number of rotatable bonds is 2. The molecule has 0 bridgehead atoms. The summed E-state index contributed by atoms with van der Waals surface area (Å²) in [5.41, 5.74) is 0.933. The van der Waals surface area contributed by atoms with Crippen LogP contribution < -0.4 is 4.74 Å². The molecule has 0 aliphatic rings. The van der Waals surface area contributed by atoms with E-state index in [0.717, 1.165) is 12.1 Å². The number of ether oxygens (including phenoxy) is 1. The first-order valence-electron chi connectivity index (χ1n) is 5.06. The molecular weight excluding hydrogens is 283 g/mol. The zero-order valence-electron chi connectivity index (χ0n) is 9.28. The Morgan fingerprint density at radius 3 is 2.37 bits per heavy atom. The van der Waals surface area contributed by atoms with Crippen molar-refractivity contribution in [1.82, 2.24) is 4.98 Å². The van der Waals surface area contributed by atoms with Gasteiger partial charge in [0.25, 0.3) is 0 Å². The molecule has 2 rings (SSSR count). The molecule has 0 unspecified atom stereocenters. The van der Waals surface area contributed by atoms with Gasteiger partial charge in [0.1, 0.15) is 16.7 Å². The van der Waals surface area contributed by atoms with Crippen LogP contribution in [0.25, 0.3) is 11.1 Å². The Morgan fingerprint density at radius 1 is 1.16 bits per heavy atom. The molecule has 2 aromatic rings. The van der Waals surface area contributed by atoms with Crippen LogP contribution in [-0.2, 0) is 0 Å². The van der Waals surface area contributed by atoms with Gasteiger partial charge in [0.15, 0.2) is 0 Å². The summed E-state index contributed by atoms with van der Waals surface area (Å²) < 4.78 is 39.7. The number of aromatic nitrogens is 1. The van der Waals surface area contributed by atoms with Crippen molar-refractivity contribution in [2.24, 2.45) is 0 Å². The molecule has 0 aliphatic heterocycles. The number of hydrogen-bond acceptors (Lipinski definition) is 3. The predicted octanol–water partition coefficient (Wildman–Crippen LogP) is 4.01. The fraction of sp³-hybridized carbons (Fsp3) is 0.0833. The average Bonchev–Trinajstić information content (AvgIpc) is 2.31. The summed E-state index contributed by atoms with van der Waals surface area (Å²) in [5.74, 6) is -0.421. The summed E-state index contributed by atoms with van der Waals surface area (Å²) in [6.07, 6.45) is -3.56. The molecule has 0 saturated carbocycles. The zero-order chi connectivity index (χ0) is 14.0. The van der Waals surface area contributed by atoms with E-state index in [1.54, 1.807) is 0 Å². The number of aromatic hydroxyl groups is 1. The molecule has 1 aromatic carbocycles. The van der Waals surface area contributed by atoms with E-state index in [-0.39, 0.29) is 16.7 Å². The zero-order valence-corrected chi connectivity index (χ0v) is 10.0. The largest absolute Gasteiger partial charge is 0.573 e. The minimum absolute atomic E-state index is 0.0879. The van der Waals surface area contributed by atoms with Gasteiger partial charge in [-0.05, 0) is 23.8 Å². The van der Waals surface area contributed by atoms with E-state index >= 15 is 0 Å². The first kappa shape index (κ1) is 13.5. The average molecular weight is 290 g/mol. The van der Waals surface area contributed by atoms with Crippen LogP contribution in [0.4, 0.5) is 13.2 Å². The quantitative estimate of drug-likeness (QED) is 0.850. The topological polar surface area (TPSA) is 42.4 Å². The van der Waals surface area contributed by atoms with E-state index in [1.165, 1.54) is 24.4 Å². The molecular formula is C12H7ClF3NO2. The maximum absolute atomic E-state index is 12.0. The second-order valence-corrected chi connectivity index (χ2v) is 3.96. The summed E-state index contributed by atoms with van der Waals surface area (Å²) in [6.45, 7) is 0. The van der Waals surface area contributed by atoms with Crippen LogP contribution in [0.3, 0.4) is 0 Å². The summed E-state index contributed by atoms with van der Waals surface area (Å²) in [5, 5.41) is 9.45. The van der Waals surface area contributed by atoms with Gasteiger partial charge in [0, 0.05) is 5.56 Å². The molecule has 3 nitrogen and oxygen atoms in total. The number of alkyl halides is 3. The molecule has 0 radical (unpaired) electrons. The molecule has 7 heteroatoms. The summed E-state index contributed by atoms with van der Waals surface area (Å²) in [6, 6.07) is 6.47. The van der Waals surface area contributed by atoms with Gasteiger partial charge in [0.2, 0.25) is 0 Å². The normalized spacial score (nSPS) is 11.4. The van der Waals surface area contributed by atoms with Crippen LogP contribution >= 0.6 is 11.6 Å². The first-order chi connectivity index (χ1) is 8.85. The number of benzene rings is 1. The lowest BCUT2D eigenvalue weighted by molar-refractivity contribution is -0.274. The van der Waals surface area contributed by atoms with Crippen LogP contribution in [0.15, 0.2) is 36.5 Å². The van der Waals surface area contributed by atoms with Crippen molar-refractivity contribution in [1.29, 1.82) is 0 Å². The summed E-state index contributed by atoms with van der Waals surface area (Å²) in [7, 11) is 0. The number of hydrogen-bond donors (Lipinski definition) is 1. The minimum atomic E-state index is -4.73. The van der Waals surface area contributed by atoms with Crippen LogP contribution in [0.2, 0.25) is 5.15 Å². The highest BCUT2D eigenvalue weighted by molar-refractivity contribution is 6.32. The Balaban J connectivity index is 2.30. The highest BCUT2D eigenvalue weighted by Crippen LogP contribution is 2.31. The maximum atomic E-state index is 12.0. The standard InChI is InChI=1S/C12H7ClF3NO2/c13-11-10(5-8(18)6-17-11)7-1-3-9(4-2-7)19-12(14,15)16/h1-6,18H. The summed E-state index contributed by atoms with van der Waals surface area (Å²) in [4.78, 5) is 3.74. The number of halogens is 4. The molecule has 1 aromatic heterocycles. The van der Waals surface area contributed by atoms with Gasteiger partial charge >= 0.3 is 6.36 Å². The molecule has 19 heavy (non-hydrogen) atoms. The van der Waals surface area contributed by atoms with Crippen LogP contribution in [-0.4, -0.2) is 16.5 Å². The van der Waals surface area contributed by atoms with E-state index in [9.17, 15) is 18.3 Å². The molecule has 0 atom stereocenters. The van der Waals surface area contributed by atoms with Gasteiger partial charge in [-0.25, -0.2) is 4.98 Å². The third-order valence-electron chi connectivity index (χ3n) is 2.22. The second-order valence-electron chi connectivity index (χ2n) is 3.60. The maximum Gasteiger partial charge on any atom is 0.573 e. The number of nitrogens with zero attached hydrogens (tertiary/aromatic N) is 1. The third kappa shape index (κ3) is 3.51. The van der Waals surface area contributed by atoms with Gasteiger partial charge in [-0.2, -0.15) is 0 Å².